The van der Waals surface area contributed by atoms with Gasteiger partial charge in [0.1, 0.15) is 6.54 Å². The minimum atomic E-state index is -3.79. The number of halogens is 3. The Bertz CT molecular complexity index is 1010. The summed E-state index contributed by atoms with van der Waals surface area (Å²) in [6.07, 6.45) is 0.993. The molecule has 5 nitrogen and oxygen atoms in total. The molecule has 0 heterocycles. The van der Waals surface area contributed by atoms with Gasteiger partial charge >= 0.3 is 0 Å². The number of rotatable bonds is 6. The van der Waals surface area contributed by atoms with E-state index in [-0.39, 0.29) is 26.8 Å². The largest absolute Gasteiger partial charge is 0.348 e. The van der Waals surface area contributed by atoms with Crippen molar-refractivity contribution in [1.82, 2.24) is 5.32 Å². The van der Waals surface area contributed by atoms with Crippen LogP contribution in [-0.2, 0) is 14.8 Å². The fourth-order valence-electron chi connectivity index (χ4n) is 2.89. The minimum Gasteiger partial charge on any atom is -0.348 e. The molecule has 0 spiro atoms. The van der Waals surface area contributed by atoms with Gasteiger partial charge in [0.25, 0.3) is 0 Å². The van der Waals surface area contributed by atoms with Crippen LogP contribution >= 0.6 is 34.8 Å². The first kappa shape index (κ1) is 22.8. The molecule has 2 rings (SSSR count). The van der Waals surface area contributed by atoms with Gasteiger partial charge in [-0.25, -0.2) is 8.42 Å². The molecule has 0 aliphatic rings. The zero-order chi connectivity index (χ0) is 21.2. The number of amides is 1. The highest BCUT2D eigenvalue weighted by molar-refractivity contribution is 7.92. The first-order valence-corrected chi connectivity index (χ1v) is 11.4. The molecule has 2 aromatic rings. The second-order valence-electron chi connectivity index (χ2n) is 6.64. The highest BCUT2D eigenvalue weighted by Crippen LogP contribution is 2.35. The molecular weight excluding hydrogens is 443 g/mol. The number of hydrogen-bond acceptors (Lipinski definition) is 3. The molecule has 2 aromatic carbocycles. The maximum atomic E-state index is 12.6. The van der Waals surface area contributed by atoms with Gasteiger partial charge in [-0.15, -0.1) is 0 Å². The van der Waals surface area contributed by atoms with Crippen molar-refractivity contribution >= 4 is 56.4 Å². The van der Waals surface area contributed by atoms with E-state index in [0.717, 1.165) is 27.3 Å². The molecule has 0 saturated heterocycles. The van der Waals surface area contributed by atoms with E-state index < -0.39 is 22.5 Å². The molecule has 28 heavy (non-hydrogen) atoms. The summed E-state index contributed by atoms with van der Waals surface area (Å²) in [4.78, 5) is 12.6. The van der Waals surface area contributed by atoms with E-state index in [9.17, 15) is 13.2 Å². The molecule has 152 valence electrons. The van der Waals surface area contributed by atoms with Crippen LogP contribution in [0.3, 0.4) is 0 Å². The first-order chi connectivity index (χ1) is 12.9. The van der Waals surface area contributed by atoms with Crippen LogP contribution in [0.2, 0.25) is 15.1 Å². The summed E-state index contributed by atoms with van der Waals surface area (Å²) in [5, 5.41) is 3.24. The lowest BCUT2D eigenvalue weighted by atomic mass is 10.0. The Hall–Kier alpha value is -1.47. The maximum Gasteiger partial charge on any atom is 0.241 e. The lowest BCUT2D eigenvalue weighted by molar-refractivity contribution is -0.120. The van der Waals surface area contributed by atoms with Crippen molar-refractivity contribution in [2.45, 2.75) is 26.8 Å². The number of nitrogens with zero attached hydrogens (tertiary/aromatic N) is 1. The molecular formula is C19H21Cl3N2O3S. The zero-order valence-electron chi connectivity index (χ0n) is 15.9. The van der Waals surface area contributed by atoms with Crippen LogP contribution in [0, 0.1) is 13.8 Å². The number of benzene rings is 2. The normalized spacial score (nSPS) is 12.5. The number of hydrogen-bond donors (Lipinski definition) is 1. The Kier molecular flexibility index (Phi) is 7.26. The molecule has 1 atom stereocenters. The van der Waals surface area contributed by atoms with Crippen molar-refractivity contribution in [3.8, 4) is 0 Å². The predicted octanol–water partition coefficient (Wildman–Crippen LogP) is 4.91. The smallest absolute Gasteiger partial charge is 0.241 e. The number of sulfonamides is 1. The van der Waals surface area contributed by atoms with Gasteiger partial charge in [-0.05, 0) is 44.0 Å². The van der Waals surface area contributed by atoms with E-state index in [1.165, 1.54) is 12.1 Å². The van der Waals surface area contributed by atoms with Crippen LogP contribution in [0.4, 0.5) is 5.69 Å². The Morgan fingerprint density at radius 3 is 2.25 bits per heavy atom. The third kappa shape index (κ3) is 5.54. The van der Waals surface area contributed by atoms with Crippen molar-refractivity contribution in [3.63, 3.8) is 0 Å². The monoisotopic (exact) mass is 462 g/mol. The summed E-state index contributed by atoms with van der Waals surface area (Å²) in [5.74, 6) is -0.472. The Labute approximate surface area is 180 Å². The van der Waals surface area contributed by atoms with E-state index in [4.69, 9.17) is 34.8 Å². The van der Waals surface area contributed by atoms with Crippen LogP contribution < -0.4 is 9.62 Å². The lowest BCUT2D eigenvalue weighted by Crippen LogP contribution is -2.41. The first-order valence-electron chi connectivity index (χ1n) is 8.39. The fourth-order valence-corrected chi connectivity index (χ4v) is 4.44. The van der Waals surface area contributed by atoms with Gasteiger partial charge in [0.2, 0.25) is 15.9 Å². The highest BCUT2D eigenvalue weighted by Gasteiger charge is 2.25. The van der Waals surface area contributed by atoms with Crippen LogP contribution in [0.25, 0.3) is 0 Å². The van der Waals surface area contributed by atoms with E-state index >= 15 is 0 Å². The molecule has 0 bridgehead atoms. The SMILES string of the molecule is Cc1ccc([C@H](C)NC(=O)CN(c2cc(Cl)c(Cl)cc2Cl)S(C)(=O)=O)c(C)c1. The average Bonchev–Trinajstić information content (AvgIpc) is 2.55. The highest BCUT2D eigenvalue weighted by atomic mass is 35.5. The second kappa shape index (κ2) is 8.91. The third-order valence-electron chi connectivity index (χ3n) is 4.22. The molecule has 1 N–H and O–H groups in total. The van der Waals surface area contributed by atoms with Crippen LogP contribution in [0.15, 0.2) is 30.3 Å². The molecule has 0 aliphatic carbocycles. The Morgan fingerprint density at radius 2 is 1.68 bits per heavy atom. The number of anilines is 1. The van der Waals surface area contributed by atoms with E-state index in [1.54, 1.807) is 0 Å². The van der Waals surface area contributed by atoms with Crippen molar-refractivity contribution in [3.05, 3.63) is 62.1 Å². The van der Waals surface area contributed by atoms with Gasteiger partial charge in [-0.2, -0.15) is 0 Å². The van der Waals surface area contributed by atoms with Crippen LogP contribution in [0.1, 0.15) is 29.7 Å². The summed E-state index contributed by atoms with van der Waals surface area (Å²) >= 11 is 18.0. The molecule has 0 radical (unpaired) electrons. The quantitative estimate of drug-likeness (QED) is 0.619. The molecule has 1 amide bonds. The summed E-state index contributed by atoms with van der Waals surface area (Å²) < 4.78 is 25.5. The number of carbonyl (C=O) groups is 1. The third-order valence-corrected chi connectivity index (χ3v) is 6.37. The van der Waals surface area contributed by atoms with Gasteiger partial charge in [-0.1, -0.05) is 58.6 Å². The predicted molar refractivity (Wildman–Crippen MR) is 116 cm³/mol. The number of carbonyl (C=O) groups excluding carboxylic acids is 1. The number of aryl methyl sites for hydroxylation is 2. The van der Waals surface area contributed by atoms with Crippen molar-refractivity contribution in [2.75, 3.05) is 17.1 Å². The molecule has 0 fully saturated rings. The minimum absolute atomic E-state index is 0.0788. The van der Waals surface area contributed by atoms with E-state index in [1.807, 2.05) is 39.0 Å². The van der Waals surface area contributed by atoms with Crippen molar-refractivity contribution < 1.29 is 13.2 Å². The number of nitrogens with one attached hydrogen (secondary N) is 1. The molecule has 0 saturated carbocycles. The Balaban J connectivity index is 2.26. The standard InChI is InChI=1S/C19H21Cl3N2O3S/c1-11-5-6-14(12(2)7-11)13(3)23-19(25)10-24(28(4,26)27)18-9-16(21)15(20)8-17(18)22/h5-9,13H,10H2,1-4H3,(H,23,25)/t13-/m0/s1. The summed E-state index contributed by atoms with van der Waals surface area (Å²) in [7, 11) is -3.79. The van der Waals surface area contributed by atoms with Gasteiger partial charge in [0, 0.05) is 0 Å². The van der Waals surface area contributed by atoms with Gasteiger partial charge < -0.3 is 5.32 Å². The van der Waals surface area contributed by atoms with Crippen LogP contribution in [0.5, 0.6) is 0 Å². The lowest BCUT2D eigenvalue weighted by Gasteiger charge is -2.25. The Morgan fingerprint density at radius 1 is 1.07 bits per heavy atom. The van der Waals surface area contributed by atoms with Crippen molar-refractivity contribution in [1.29, 1.82) is 0 Å². The van der Waals surface area contributed by atoms with Crippen molar-refractivity contribution in [2.24, 2.45) is 0 Å². The summed E-state index contributed by atoms with van der Waals surface area (Å²) in [6, 6.07) is 8.31. The topological polar surface area (TPSA) is 66.5 Å². The molecule has 0 aliphatic heterocycles. The van der Waals surface area contributed by atoms with Crippen LogP contribution in [-0.4, -0.2) is 27.1 Å². The van der Waals surface area contributed by atoms with E-state index in [0.29, 0.717) is 0 Å². The average molecular weight is 464 g/mol. The van der Waals surface area contributed by atoms with Gasteiger partial charge in [0.05, 0.1) is 33.1 Å². The molecule has 0 aromatic heterocycles. The molecule has 9 heteroatoms. The fraction of sp³-hybridized carbons (Fsp3) is 0.316. The van der Waals surface area contributed by atoms with Gasteiger partial charge in [0.15, 0.2) is 0 Å². The molecule has 0 unspecified atom stereocenters. The zero-order valence-corrected chi connectivity index (χ0v) is 19.0. The second-order valence-corrected chi connectivity index (χ2v) is 9.77. The summed E-state index contributed by atoms with van der Waals surface area (Å²) in [5.41, 5.74) is 3.21. The maximum absolute atomic E-state index is 12.6. The van der Waals surface area contributed by atoms with E-state index in [2.05, 4.69) is 5.32 Å². The summed E-state index contributed by atoms with van der Waals surface area (Å²) in [6.45, 7) is 5.35. The van der Waals surface area contributed by atoms with Gasteiger partial charge in [-0.3, -0.25) is 9.10 Å².